The fourth-order valence-corrected chi connectivity index (χ4v) is 3.62. The third-order valence-electron chi connectivity index (χ3n) is 2.95. The second-order valence-corrected chi connectivity index (χ2v) is 7.56. The smallest absolute Gasteiger partial charge is 0.266 e. The van der Waals surface area contributed by atoms with Crippen molar-refractivity contribution in [3.8, 4) is 11.5 Å². The van der Waals surface area contributed by atoms with E-state index in [2.05, 4.69) is 10.3 Å². The van der Waals surface area contributed by atoms with Gasteiger partial charge in [0.2, 0.25) is 0 Å². The van der Waals surface area contributed by atoms with Gasteiger partial charge in [-0.25, -0.2) is 8.42 Å². The highest BCUT2D eigenvalue weighted by Crippen LogP contribution is 2.28. The van der Waals surface area contributed by atoms with Crippen LogP contribution in [0.2, 0.25) is 0 Å². The molecular weight excluding hydrogens is 352 g/mol. The van der Waals surface area contributed by atoms with E-state index in [1.165, 1.54) is 25.3 Å². The molecule has 0 fully saturated rings. The SMILES string of the molecule is CCCOc1ccc(C(=O)NNS(=O)(=O)c2cccs2)cc1OC. The van der Waals surface area contributed by atoms with Crippen molar-refractivity contribution in [3.63, 3.8) is 0 Å². The van der Waals surface area contributed by atoms with Crippen molar-refractivity contribution in [3.05, 3.63) is 41.3 Å². The molecule has 0 radical (unpaired) electrons. The normalized spacial score (nSPS) is 11.1. The van der Waals surface area contributed by atoms with Gasteiger partial charge >= 0.3 is 0 Å². The van der Waals surface area contributed by atoms with Gasteiger partial charge in [-0.1, -0.05) is 13.0 Å². The Morgan fingerprint density at radius 1 is 1.25 bits per heavy atom. The van der Waals surface area contributed by atoms with Crippen LogP contribution < -0.4 is 19.7 Å². The average Bonchev–Trinajstić information content (AvgIpc) is 3.13. The first kappa shape index (κ1) is 18.2. The maximum atomic E-state index is 12.1. The summed E-state index contributed by atoms with van der Waals surface area (Å²) in [5.41, 5.74) is 2.42. The van der Waals surface area contributed by atoms with Gasteiger partial charge in [0.1, 0.15) is 4.21 Å². The Balaban J connectivity index is 2.07. The van der Waals surface area contributed by atoms with Gasteiger partial charge in [0.15, 0.2) is 11.5 Å². The van der Waals surface area contributed by atoms with E-state index in [9.17, 15) is 13.2 Å². The van der Waals surface area contributed by atoms with E-state index in [0.29, 0.717) is 18.1 Å². The Morgan fingerprint density at radius 2 is 2.04 bits per heavy atom. The van der Waals surface area contributed by atoms with E-state index in [-0.39, 0.29) is 9.77 Å². The second kappa shape index (κ2) is 8.13. The summed E-state index contributed by atoms with van der Waals surface area (Å²) >= 11 is 1.05. The highest BCUT2D eigenvalue weighted by molar-refractivity contribution is 7.91. The molecule has 1 amide bonds. The minimum atomic E-state index is -3.78. The molecule has 7 nitrogen and oxygen atoms in total. The number of ether oxygens (including phenoxy) is 2. The Hall–Kier alpha value is -2.10. The topological polar surface area (TPSA) is 93.7 Å². The lowest BCUT2D eigenvalue weighted by Crippen LogP contribution is -2.41. The van der Waals surface area contributed by atoms with E-state index >= 15 is 0 Å². The van der Waals surface area contributed by atoms with Gasteiger partial charge in [0.05, 0.1) is 13.7 Å². The molecule has 0 saturated heterocycles. The minimum Gasteiger partial charge on any atom is -0.493 e. The predicted octanol–water partition coefficient (Wildman–Crippen LogP) is 2.17. The Labute approximate surface area is 144 Å². The van der Waals surface area contributed by atoms with Crippen molar-refractivity contribution in [2.45, 2.75) is 17.6 Å². The van der Waals surface area contributed by atoms with Crippen LogP contribution in [-0.4, -0.2) is 28.0 Å². The zero-order chi connectivity index (χ0) is 17.6. The fourth-order valence-electron chi connectivity index (χ4n) is 1.79. The third kappa shape index (κ3) is 4.47. The van der Waals surface area contributed by atoms with Crippen LogP contribution in [0.3, 0.4) is 0 Å². The number of hydrazine groups is 1. The van der Waals surface area contributed by atoms with E-state index in [1.54, 1.807) is 17.5 Å². The van der Waals surface area contributed by atoms with Crippen molar-refractivity contribution in [2.24, 2.45) is 0 Å². The highest BCUT2D eigenvalue weighted by Gasteiger charge is 2.17. The standard InChI is InChI=1S/C15H18N2O5S2/c1-3-8-22-12-7-6-11(10-13(12)21-2)15(18)16-17-24(19,20)14-5-4-9-23-14/h4-7,9-10,17H,3,8H2,1-2H3,(H,16,18). The molecule has 0 bridgehead atoms. The van der Waals surface area contributed by atoms with Gasteiger partial charge in [-0.15, -0.1) is 16.2 Å². The maximum absolute atomic E-state index is 12.1. The van der Waals surface area contributed by atoms with Crippen LogP contribution in [0, 0.1) is 0 Å². The van der Waals surface area contributed by atoms with Gasteiger partial charge in [0.25, 0.3) is 15.9 Å². The Morgan fingerprint density at radius 3 is 2.67 bits per heavy atom. The van der Waals surface area contributed by atoms with Crippen LogP contribution in [-0.2, 0) is 10.0 Å². The number of hydrogen-bond donors (Lipinski definition) is 2. The van der Waals surface area contributed by atoms with Crippen LogP contribution in [0.15, 0.2) is 39.9 Å². The molecule has 2 N–H and O–H groups in total. The summed E-state index contributed by atoms with van der Waals surface area (Å²) in [7, 11) is -2.31. The summed E-state index contributed by atoms with van der Waals surface area (Å²) in [4.78, 5) is 14.2. The monoisotopic (exact) mass is 370 g/mol. The van der Waals surface area contributed by atoms with Crippen molar-refractivity contribution < 1.29 is 22.7 Å². The molecule has 1 aromatic heterocycles. The molecule has 24 heavy (non-hydrogen) atoms. The largest absolute Gasteiger partial charge is 0.493 e. The third-order valence-corrected chi connectivity index (χ3v) is 5.59. The number of rotatable bonds is 8. The first-order valence-electron chi connectivity index (χ1n) is 7.14. The molecule has 0 saturated carbocycles. The lowest BCUT2D eigenvalue weighted by atomic mass is 10.2. The van der Waals surface area contributed by atoms with Crippen LogP contribution in [0.5, 0.6) is 11.5 Å². The van der Waals surface area contributed by atoms with Crippen molar-refractivity contribution in [1.82, 2.24) is 10.3 Å². The zero-order valence-corrected chi connectivity index (χ0v) is 14.9. The van der Waals surface area contributed by atoms with Crippen LogP contribution >= 0.6 is 11.3 Å². The minimum absolute atomic E-state index is 0.115. The molecule has 9 heteroatoms. The van der Waals surface area contributed by atoms with Crippen molar-refractivity contribution in [2.75, 3.05) is 13.7 Å². The number of carbonyl (C=O) groups excluding carboxylic acids is 1. The zero-order valence-electron chi connectivity index (χ0n) is 13.2. The number of benzene rings is 1. The first-order valence-corrected chi connectivity index (χ1v) is 9.50. The molecule has 2 aromatic rings. The molecule has 0 aliphatic heterocycles. The summed E-state index contributed by atoms with van der Waals surface area (Å²) in [6, 6.07) is 7.68. The maximum Gasteiger partial charge on any atom is 0.266 e. The Kier molecular flexibility index (Phi) is 6.18. The molecule has 0 spiro atoms. The number of thiophene rings is 1. The molecule has 1 heterocycles. The van der Waals surface area contributed by atoms with Gasteiger partial charge in [-0.05, 0) is 36.1 Å². The van der Waals surface area contributed by atoms with Crippen LogP contribution in [0.1, 0.15) is 23.7 Å². The highest BCUT2D eigenvalue weighted by atomic mass is 32.2. The second-order valence-electron chi connectivity index (χ2n) is 4.71. The lowest BCUT2D eigenvalue weighted by molar-refractivity contribution is 0.0944. The first-order chi connectivity index (χ1) is 11.5. The summed E-state index contributed by atoms with van der Waals surface area (Å²) in [6.45, 7) is 2.51. The predicted molar refractivity (Wildman–Crippen MR) is 90.9 cm³/mol. The molecule has 0 unspecified atom stereocenters. The molecule has 0 atom stereocenters. The van der Waals surface area contributed by atoms with Crippen LogP contribution in [0.4, 0.5) is 0 Å². The van der Waals surface area contributed by atoms with Crippen LogP contribution in [0.25, 0.3) is 0 Å². The average molecular weight is 370 g/mol. The molecule has 0 aliphatic rings. The van der Waals surface area contributed by atoms with Gasteiger partial charge in [-0.2, -0.15) is 0 Å². The number of nitrogens with one attached hydrogen (secondary N) is 2. The summed E-state index contributed by atoms with van der Waals surface area (Å²) < 4.78 is 34.7. The van der Waals surface area contributed by atoms with Gasteiger partial charge in [0, 0.05) is 5.56 Å². The van der Waals surface area contributed by atoms with E-state index in [4.69, 9.17) is 9.47 Å². The number of sulfonamides is 1. The van der Waals surface area contributed by atoms with E-state index in [0.717, 1.165) is 17.8 Å². The van der Waals surface area contributed by atoms with Crippen molar-refractivity contribution >= 4 is 27.3 Å². The number of carbonyl (C=O) groups is 1. The molecule has 0 aliphatic carbocycles. The van der Waals surface area contributed by atoms with E-state index < -0.39 is 15.9 Å². The summed E-state index contributed by atoms with van der Waals surface area (Å²) in [6.07, 6.45) is 0.843. The quantitative estimate of drug-likeness (QED) is 0.695. The van der Waals surface area contributed by atoms with Gasteiger partial charge < -0.3 is 9.47 Å². The van der Waals surface area contributed by atoms with Gasteiger partial charge in [-0.3, -0.25) is 10.2 Å². The molecular formula is C15H18N2O5S2. The lowest BCUT2D eigenvalue weighted by Gasteiger charge is -2.12. The number of amides is 1. The number of hydrogen-bond acceptors (Lipinski definition) is 6. The molecule has 2 rings (SSSR count). The van der Waals surface area contributed by atoms with E-state index in [1.807, 2.05) is 6.92 Å². The summed E-state index contributed by atoms with van der Waals surface area (Å²) in [5, 5.41) is 1.64. The Bertz CT molecular complexity index is 788. The summed E-state index contributed by atoms with van der Waals surface area (Å²) in [5.74, 6) is 0.322. The fraction of sp³-hybridized carbons (Fsp3) is 0.267. The molecule has 1 aromatic carbocycles. The number of methoxy groups -OCH3 is 1. The molecule has 130 valence electrons. The van der Waals surface area contributed by atoms with Crippen molar-refractivity contribution in [1.29, 1.82) is 0 Å².